The summed E-state index contributed by atoms with van der Waals surface area (Å²) in [4.78, 5) is 11.1. The zero-order chi connectivity index (χ0) is 15.7. The number of carbonyl (C=O) groups excluding carboxylic acids is 1. The van der Waals surface area contributed by atoms with E-state index in [0.717, 1.165) is 5.56 Å². The quantitative estimate of drug-likeness (QED) is 0.710. The number of aliphatic hydroxyl groups is 1. The lowest BCUT2D eigenvalue weighted by Gasteiger charge is -2.15. The molecule has 0 saturated carbocycles. The molecular weight excluding hydrogens is 272 g/mol. The molecule has 21 heavy (non-hydrogen) atoms. The smallest absolute Gasteiger partial charge is 0.305 e. The minimum atomic E-state index is -0.658. The molecule has 1 rings (SSSR count). The summed E-state index contributed by atoms with van der Waals surface area (Å²) in [5, 5.41) is 10.2. The molecule has 1 N–H and O–H groups in total. The van der Waals surface area contributed by atoms with Crippen LogP contribution in [0.4, 0.5) is 0 Å². The average Bonchev–Trinajstić information content (AvgIpc) is 2.47. The van der Waals surface area contributed by atoms with Crippen LogP contribution in [0.5, 0.6) is 11.5 Å². The van der Waals surface area contributed by atoms with Crippen molar-refractivity contribution < 1.29 is 24.1 Å². The molecule has 1 aromatic carbocycles. The van der Waals surface area contributed by atoms with Crippen molar-refractivity contribution in [1.82, 2.24) is 0 Å². The highest BCUT2D eigenvalue weighted by molar-refractivity contribution is 5.69. The first-order chi connectivity index (χ1) is 10.1. The van der Waals surface area contributed by atoms with Crippen LogP contribution in [0.3, 0.4) is 0 Å². The first-order valence-electron chi connectivity index (χ1n) is 7.26. The van der Waals surface area contributed by atoms with Crippen LogP contribution >= 0.6 is 0 Å². The SMILES string of the molecule is CCOc1cc(OCC)cc(C(O)CCCC(=O)OC)c1. The minimum absolute atomic E-state index is 0.264. The maximum Gasteiger partial charge on any atom is 0.305 e. The monoisotopic (exact) mass is 296 g/mol. The summed E-state index contributed by atoms with van der Waals surface area (Å²) in [6.45, 7) is 4.90. The highest BCUT2D eigenvalue weighted by Gasteiger charge is 2.12. The molecule has 0 spiro atoms. The average molecular weight is 296 g/mol. The van der Waals surface area contributed by atoms with Gasteiger partial charge in [-0.2, -0.15) is 0 Å². The van der Waals surface area contributed by atoms with E-state index >= 15 is 0 Å². The maximum absolute atomic E-state index is 11.1. The number of rotatable bonds is 9. The molecule has 0 radical (unpaired) electrons. The maximum atomic E-state index is 11.1. The molecule has 0 heterocycles. The number of methoxy groups -OCH3 is 1. The molecule has 1 atom stereocenters. The number of benzene rings is 1. The van der Waals surface area contributed by atoms with Crippen LogP contribution in [0.1, 0.15) is 44.8 Å². The fourth-order valence-corrected chi connectivity index (χ4v) is 1.99. The number of hydrogen-bond donors (Lipinski definition) is 1. The number of hydrogen-bond acceptors (Lipinski definition) is 5. The Balaban J connectivity index is 2.72. The van der Waals surface area contributed by atoms with Crippen molar-refractivity contribution in [1.29, 1.82) is 0 Å². The second kappa shape index (κ2) is 9.23. The third-order valence-electron chi connectivity index (χ3n) is 3.00. The van der Waals surface area contributed by atoms with Crippen LogP contribution in [0.25, 0.3) is 0 Å². The summed E-state index contributed by atoms with van der Waals surface area (Å²) in [5.74, 6) is 1.08. The van der Waals surface area contributed by atoms with E-state index in [4.69, 9.17) is 9.47 Å². The standard InChI is InChI=1S/C16H24O5/c1-4-20-13-9-12(10-14(11-13)21-5-2)15(17)7-6-8-16(18)19-3/h9-11,15,17H,4-8H2,1-3H3. The second-order valence-corrected chi connectivity index (χ2v) is 4.59. The summed E-state index contributed by atoms with van der Waals surface area (Å²) < 4.78 is 15.5. The topological polar surface area (TPSA) is 65.0 Å². The van der Waals surface area contributed by atoms with E-state index in [-0.39, 0.29) is 5.97 Å². The predicted molar refractivity (Wildman–Crippen MR) is 79.6 cm³/mol. The lowest BCUT2D eigenvalue weighted by atomic mass is 10.0. The van der Waals surface area contributed by atoms with E-state index < -0.39 is 6.10 Å². The summed E-state index contributed by atoms with van der Waals surface area (Å²) in [5.41, 5.74) is 0.731. The molecule has 118 valence electrons. The van der Waals surface area contributed by atoms with Gasteiger partial charge in [-0.1, -0.05) is 0 Å². The normalized spacial score (nSPS) is 11.8. The summed E-state index contributed by atoms with van der Waals surface area (Å²) in [7, 11) is 1.36. The van der Waals surface area contributed by atoms with Crippen LogP contribution in [0, 0.1) is 0 Å². The van der Waals surface area contributed by atoms with Crippen LogP contribution in [0.15, 0.2) is 18.2 Å². The Morgan fingerprint density at radius 3 is 2.19 bits per heavy atom. The Kier molecular flexibility index (Phi) is 7.61. The highest BCUT2D eigenvalue weighted by Crippen LogP contribution is 2.29. The van der Waals surface area contributed by atoms with Crippen molar-refractivity contribution in [3.05, 3.63) is 23.8 Å². The van der Waals surface area contributed by atoms with Crippen molar-refractivity contribution in [3.63, 3.8) is 0 Å². The van der Waals surface area contributed by atoms with Crippen molar-refractivity contribution in [3.8, 4) is 11.5 Å². The van der Waals surface area contributed by atoms with E-state index in [9.17, 15) is 9.90 Å². The van der Waals surface area contributed by atoms with Crippen molar-refractivity contribution in [2.24, 2.45) is 0 Å². The first-order valence-corrected chi connectivity index (χ1v) is 7.26. The van der Waals surface area contributed by atoms with Crippen LogP contribution < -0.4 is 9.47 Å². The fraction of sp³-hybridized carbons (Fsp3) is 0.562. The van der Waals surface area contributed by atoms with Gasteiger partial charge in [0.05, 0.1) is 26.4 Å². The molecule has 0 aliphatic rings. The number of esters is 1. The van der Waals surface area contributed by atoms with Gasteiger partial charge in [-0.3, -0.25) is 4.79 Å². The molecule has 0 saturated heterocycles. The predicted octanol–water partition coefficient (Wildman–Crippen LogP) is 2.86. The Labute approximate surface area is 125 Å². The number of ether oxygens (including phenoxy) is 3. The third-order valence-corrected chi connectivity index (χ3v) is 3.00. The molecule has 0 fully saturated rings. The van der Waals surface area contributed by atoms with Crippen molar-refractivity contribution >= 4 is 5.97 Å². The Hall–Kier alpha value is -1.75. The van der Waals surface area contributed by atoms with E-state index in [1.54, 1.807) is 18.2 Å². The number of carbonyl (C=O) groups is 1. The van der Waals surface area contributed by atoms with Gasteiger partial charge in [0, 0.05) is 12.5 Å². The Morgan fingerprint density at radius 2 is 1.71 bits per heavy atom. The first kappa shape index (κ1) is 17.3. The lowest BCUT2D eigenvalue weighted by molar-refractivity contribution is -0.140. The van der Waals surface area contributed by atoms with Gasteiger partial charge in [-0.15, -0.1) is 0 Å². The van der Waals surface area contributed by atoms with E-state index in [0.29, 0.717) is 44.0 Å². The molecule has 0 aromatic heterocycles. The van der Waals surface area contributed by atoms with Gasteiger partial charge in [0.15, 0.2) is 0 Å². The van der Waals surface area contributed by atoms with Gasteiger partial charge >= 0.3 is 5.97 Å². The molecule has 1 aromatic rings. The molecule has 0 bridgehead atoms. The Morgan fingerprint density at radius 1 is 1.14 bits per heavy atom. The molecule has 0 amide bonds. The zero-order valence-corrected chi connectivity index (χ0v) is 12.9. The van der Waals surface area contributed by atoms with Gasteiger partial charge < -0.3 is 19.3 Å². The zero-order valence-electron chi connectivity index (χ0n) is 12.9. The van der Waals surface area contributed by atoms with Gasteiger partial charge in [0.25, 0.3) is 0 Å². The van der Waals surface area contributed by atoms with Gasteiger partial charge in [0.2, 0.25) is 0 Å². The van der Waals surface area contributed by atoms with Gasteiger partial charge in [0.1, 0.15) is 11.5 Å². The van der Waals surface area contributed by atoms with E-state index in [1.165, 1.54) is 7.11 Å². The summed E-state index contributed by atoms with van der Waals surface area (Å²) in [6, 6.07) is 5.40. The van der Waals surface area contributed by atoms with Crippen LogP contribution in [-0.2, 0) is 9.53 Å². The molecule has 1 unspecified atom stereocenters. The third kappa shape index (κ3) is 6.04. The number of aliphatic hydroxyl groups excluding tert-OH is 1. The van der Waals surface area contributed by atoms with Crippen LogP contribution in [0.2, 0.25) is 0 Å². The molecule has 5 nitrogen and oxygen atoms in total. The van der Waals surface area contributed by atoms with Gasteiger partial charge in [-0.25, -0.2) is 0 Å². The lowest BCUT2D eigenvalue weighted by Crippen LogP contribution is -2.04. The molecular formula is C16H24O5. The van der Waals surface area contributed by atoms with E-state index in [1.807, 2.05) is 13.8 Å². The Bertz CT molecular complexity index is 420. The van der Waals surface area contributed by atoms with Crippen molar-refractivity contribution in [2.45, 2.75) is 39.2 Å². The molecule has 5 heteroatoms. The van der Waals surface area contributed by atoms with Crippen molar-refractivity contribution in [2.75, 3.05) is 20.3 Å². The largest absolute Gasteiger partial charge is 0.494 e. The summed E-state index contributed by atoms with van der Waals surface area (Å²) in [6.07, 6.45) is 0.693. The highest BCUT2D eigenvalue weighted by atomic mass is 16.5. The minimum Gasteiger partial charge on any atom is -0.494 e. The van der Waals surface area contributed by atoms with E-state index in [2.05, 4.69) is 4.74 Å². The second-order valence-electron chi connectivity index (χ2n) is 4.59. The summed E-state index contributed by atoms with van der Waals surface area (Å²) >= 11 is 0. The fourth-order valence-electron chi connectivity index (χ4n) is 1.99. The van der Waals surface area contributed by atoms with Gasteiger partial charge in [-0.05, 0) is 44.4 Å². The molecule has 0 aliphatic carbocycles. The molecule has 0 aliphatic heterocycles. The van der Waals surface area contributed by atoms with Crippen LogP contribution in [-0.4, -0.2) is 31.4 Å².